The molecule has 3 aromatic rings. The van der Waals surface area contributed by atoms with E-state index in [1.54, 1.807) is 26.0 Å². The van der Waals surface area contributed by atoms with Crippen molar-refractivity contribution in [2.75, 3.05) is 6.61 Å². The van der Waals surface area contributed by atoms with E-state index in [1.165, 1.54) is 6.07 Å². The molecule has 0 amide bonds. The van der Waals surface area contributed by atoms with E-state index in [1.807, 2.05) is 32.9 Å². The van der Waals surface area contributed by atoms with Gasteiger partial charge in [0, 0.05) is 18.6 Å². The second-order valence-electron chi connectivity index (χ2n) is 7.80. The predicted molar refractivity (Wildman–Crippen MR) is 118 cm³/mol. The van der Waals surface area contributed by atoms with Gasteiger partial charge in [-0.1, -0.05) is 0 Å². The molecule has 7 heteroatoms. The highest BCUT2D eigenvalue weighted by Crippen LogP contribution is 2.27. The van der Waals surface area contributed by atoms with E-state index in [0.29, 0.717) is 47.2 Å². The van der Waals surface area contributed by atoms with Crippen LogP contribution >= 0.6 is 0 Å². The number of benzene rings is 2. The fraction of sp³-hybridized carbons (Fsp3) is 0.360. The fourth-order valence-corrected chi connectivity index (χ4v) is 3.58. The average molecular weight is 441 g/mol. The molecular weight excluding hydrogens is 413 g/mol. The van der Waals surface area contributed by atoms with Crippen molar-refractivity contribution >= 4 is 5.97 Å². The Kier molecular flexibility index (Phi) is 7.30. The summed E-state index contributed by atoms with van der Waals surface area (Å²) in [4.78, 5) is 15.9. The van der Waals surface area contributed by atoms with Gasteiger partial charge in [-0.25, -0.2) is 14.2 Å². The van der Waals surface area contributed by atoms with Gasteiger partial charge in [0.15, 0.2) is 6.10 Å². The van der Waals surface area contributed by atoms with Crippen molar-refractivity contribution in [2.45, 2.75) is 53.8 Å². The molecular formula is C25H28FNO5. The molecule has 32 heavy (non-hydrogen) atoms. The van der Waals surface area contributed by atoms with E-state index in [9.17, 15) is 14.3 Å². The molecule has 0 fully saturated rings. The lowest BCUT2D eigenvalue weighted by atomic mass is 9.97. The predicted octanol–water partition coefficient (Wildman–Crippen LogP) is 5.33. The first-order valence-corrected chi connectivity index (χ1v) is 10.5. The maximum Gasteiger partial charge on any atom is 0.333 e. The first kappa shape index (κ1) is 23.5. The maximum absolute atomic E-state index is 13.5. The quantitative estimate of drug-likeness (QED) is 0.484. The Hall–Kier alpha value is -3.19. The summed E-state index contributed by atoms with van der Waals surface area (Å²) < 4.78 is 30.6. The van der Waals surface area contributed by atoms with E-state index in [4.69, 9.17) is 13.9 Å². The molecule has 1 heterocycles. The molecule has 0 saturated heterocycles. The summed E-state index contributed by atoms with van der Waals surface area (Å²) in [5, 5.41) is 9.37. The van der Waals surface area contributed by atoms with Crippen LogP contribution in [0.3, 0.4) is 0 Å². The topological polar surface area (TPSA) is 81.8 Å². The van der Waals surface area contributed by atoms with Crippen LogP contribution in [0, 0.1) is 33.5 Å². The third-order valence-electron chi connectivity index (χ3n) is 5.38. The number of aliphatic carboxylic acids is 1. The summed E-state index contributed by atoms with van der Waals surface area (Å²) in [5.41, 5.74) is 4.69. The smallest absolute Gasteiger partial charge is 0.333 e. The second kappa shape index (κ2) is 9.96. The van der Waals surface area contributed by atoms with Crippen molar-refractivity contribution in [3.05, 3.63) is 69.9 Å². The Morgan fingerprint density at radius 2 is 1.81 bits per heavy atom. The molecule has 0 aliphatic carbocycles. The standard InChI is InChI=1S/C25H28FNO5/c1-6-30-23(25(28)29)12-20-14(2)10-19(11-15(20)3)31-13-22-17(5)32-24(27-22)18-7-8-21(26)16(4)9-18/h7-11,23H,6,12-13H2,1-5H3,(H,28,29). The minimum atomic E-state index is -0.973. The Bertz CT molecular complexity index is 1100. The SMILES string of the molecule is CCOC(Cc1c(C)cc(OCc2nc(-c3ccc(F)c(C)c3)oc2C)cc1C)C(=O)O. The molecule has 6 nitrogen and oxygen atoms in total. The first-order valence-electron chi connectivity index (χ1n) is 10.5. The summed E-state index contributed by atoms with van der Waals surface area (Å²) in [6, 6.07) is 8.49. The number of hydrogen-bond donors (Lipinski definition) is 1. The van der Waals surface area contributed by atoms with E-state index in [0.717, 1.165) is 16.7 Å². The number of rotatable bonds is 9. The number of halogens is 1. The number of nitrogens with zero attached hydrogens (tertiary/aromatic N) is 1. The minimum absolute atomic E-state index is 0.213. The molecule has 0 aliphatic heterocycles. The van der Waals surface area contributed by atoms with Crippen LogP contribution in [0.5, 0.6) is 5.75 Å². The molecule has 3 rings (SSSR count). The zero-order valence-corrected chi connectivity index (χ0v) is 19.0. The van der Waals surface area contributed by atoms with Crippen LogP contribution in [0.1, 0.15) is 40.6 Å². The Balaban J connectivity index is 1.74. The van der Waals surface area contributed by atoms with E-state index >= 15 is 0 Å². The maximum atomic E-state index is 13.5. The van der Waals surface area contributed by atoms with Gasteiger partial charge in [-0.15, -0.1) is 0 Å². The van der Waals surface area contributed by atoms with Gasteiger partial charge in [-0.2, -0.15) is 0 Å². The molecule has 0 radical (unpaired) electrons. The van der Waals surface area contributed by atoms with Crippen LogP contribution in [0.4, 0.5) is 4.39 Å². The Morgan fingerprint density at radius 3 is 2.41 bits per heavy atom. The van der Waals surface area contributed by atoms with Crippen molar-refractivity contribution in [1.82, 2.24) is 4.98 Å². The van der Waals surface area contributed by atoms with Gasteiger partial charge in [0.1, 0.15) is 29.6 Å². The zero-order valence-electron chi connectivity index (χ0n) is 19.0. The van der Waals surface area contributed by atoms with E-state index in [-0.39, 0.29) is 12.4 Å². The number of aromatic nitrogens is 1. The number of carboxylic acids is 1. The van der Waals surface area contributed by atoms with Crippen LogP contribution in [-0.2, 0) is 22.6 Å². The second-order valence-corrected chi connectivity index (χ2v) is 7.80. The molecule has 1 atom stereocenters. The molecule has 1 N–H and O–H groups in total. The van der Waals surface area contributed by atoms with Crippen molar-refractivity contribution < 1.29 is 28.2 Å². The summed E-state index contributed by atoms with van der Waals surface area (Å²) >= 11 is 0. The Labute approximate surface area is 187 Å². The zero-order chi connectivity index (χ0) is 23.4. The number of aryl methyl sites for hydroxylation is 4. The molecule has 0 aliphatic rings. The lowest BCUT2D eigenvalue weighted by Gasteiger charge is -2.17. The summed E-state index contributed by atoms with van der Waals surface area (Å²) in [5.74, 6) is 0.467. The lowest BCUT2D eigenvalue weighted by Crippen LogP contribution is -2.27. The van der Waals surface area contributed by atoms with Crippen molar-refractivity contribution in [1.29, 1.82) is 0 Å². The lowest BCUT2D eigenvalue weighted by molar-refractivity contribution is -0.149. The van der Waals surface area contributed by atoms with Crippen molar-refractivity contribution in [3.63, 3.8) is 0 Å². The molecule has 2 aromatic carbocycles. The highest BCUT2D eigenvalue weighted by molar-refractivity contribution is 5.73. The van der Waals surface area contributed by atoms with Crippen LogP contribution in [0.15, 0.2) is 34.7 Å². The number of carboxylic acid groups (broad SMARTS) is 1. The summed E-state index contributed by atoms with van der Waals surface area (Å²) in [6.07, 6.45) is -0.584. The number of hydrogen-bond acceptors (Lipinski definition) is 5. The summed E-state index contributed by atoms with van der Waals surface area (Å²) in [7, 11) is 0. The molecule has 0 saturated carbocycles. The monoisotopic (exact) mass is 441 g/mol. The average Bonchev–Trinajstić information content (AvgIpc) is 3.10. The van der Waals surface area contributed by atoms with E-state index in [2.05, 4.69) is 4.98 Å². The van der Waals surface area contributed by atoms with Crippen molar-refractivity contribution in [3.8, 4) is 17.2 Å². The molecule has 1 aromatic heterocycles. The third-order valence-corrected chi connectivity index (χ3v) is 5.38. The van der Waals surface area contributed by atoms with E-state index < -0.39 is 12.1 Å². The van der Waals surface area contributed by atoms with Gasteiger partial charge in [0.2, 0.25) is 5.89 Å². The van der Waals surface area contributed by atoms with Crippen LogP contribution in [0.2, 0.25) is 0 Å². The first-order chi connectivity index (χ1) is 15.2. The normalized spacial score (nSPS) is 12.1. The van der Waals surface area contributed by atoms with Gasteiger partial charge in [-0.3, -0.25) is 0 Å². The summed E-state index contributed by atoms with van der Waals surface area (Å²) in [6.45, 7) is 9.69. The van der Waals surface area contributed by atoms with Crippen LogP contribution in [0.25, 0.3) is 11.5 Å². The number of ether oxygens (including phenoxy) is 2. The van der Waals surface area contributed by atoms with Crippen molar-refractivity contribution in [2.24, 2.45) is 0 Å². The minimum Gasteiger partial charge on any atom is -0.487 e. The van der Waals surface area contributed by atoms with Crippen LogP contribution in [-0.4, -0.2) is 28.8 Å². The largest absolute Gasteiger partial charge is 0.487 e. The number of carbonyl (C=O) groups is 1. The van der Waals surface area contributed by atoms with Gasteiger partial charge in [0.25, 0.3) is 0 Å². The molecule has 0 spiro atoms. The Morgan fingerprint density at radius 1 is 1.12 bits per heavy atom. The molecule has 170 valence electrons. The van der Waals surface area contributed by atoms with Crippen LogP contribution < -0.4 is 4.74 Å². The third kappa shape index (κ3) is 5.34. The molecule has 0 bridgehead atoms. The highest BCUT2D eigenvalue weighted by Gasteiger charge is 2.21. The van der Waals surface area contributed by atoms with Gasteiger partial charge in [0.05, 0.1) is 0 Å². The van der Waals surface area contributed by atoms with Gasteiger partial charge in [-0.05, 0) is 87.2 Å². The fourth-order valence-electron chi connectivity index (χ4n) is 3.58. The number of oxazole rings is 1. The molecule has 1 unspecified atom stereocenters. The van der Waals surface area contributed by atoms with Gasteiger partial charge < -0.3 is 19.0 Å². The highest BCUT2D eigenvalue weighted by atomic mass is 19.1. The van der Waals surface area contributed by atoms with Gasteiger partial charge >= 0.3 is 5.97 Å².